The number of amides is 1. The van der Waals surface area contributed by atoms with Gasteiger partial charge in [-0.3, -0.25) is 9.48 Å². The van der Waals surface area contributed by atoms with Crippen molar-refractivity contribution < 1.29 is 22.7 Å². The number of rotatable bonds is 7. The van der Waals surface area contributed by atoms with Crippen LogP contribution in [0.25, 0.3) is 0 Å². The second kappa shape index (κ2) is 9.82. The largest absolute Gasteiger partial charge is 0.483 e. The molecule has 170 valence electrons. The summed E-state index contributed by atoms with van der Waals surface area (Å²) >= 11 is 18.1. The molecule has 0 saturated heterocycles. The lowest BCUT2D eigenvalue weighted by Crippen LogP contribution is -2.12. The third-order valence-electron chi connectivity index (χ3n) is 4.43. The molecule has 0 spiro atoms. The fourth-order valence-corrected chi connectivity index (χ4v) is 3.39. The zero-order valence-electron chi connectivity index (χ0n) is 16.6. The van der Waals surface area contributed by atoms with Crippen LogP contribution in [0.2, 0.25) is 15.1 Å². The molecule has 0 unspecified atom stereocenters. The van der Waals surface area contributed by atoms with Crippen LogP contribution >= 0.6 is 34.8 Å². The van der Waals surface area contributed by atoms with Crippen LogP contribution in [-0.4, -0.2) is 15.7 Å². The Morgan fingerprint density at radius 2 is 1.85 bits per heavy atom. The number of hydrogen-bond acceptors (Lipinski definition) is 4. The first-order chi connectivity index (χ1) is 15.8. The first kappa shape index (κ1) is 23.1. The number of anilines is 1. The van der Waals surface area contributed by atoms with Gasteiger partial charge in [0.15, 0.2) is 23.1 Å². The van der Waals surface area contributed by atoms with E-state index in [-0.39, 0.29) is 34.7 Å². The lowest BCUT2D eigenvalue weighted by molar-refractivity contribution is 0.0992. The Morgan fingerprint density at radius 3 is 2.61 bits per heavy atom. The molecule has 0 fully saturated rings. The molecule has 2 heterocycles. The molecule has 0 aliphatic rings. The van der Waals surface area contributed by atoms with Crippen molar-refractivity contribution in [3.8, 4) is 5.75 Å². The van der Waals surface area contributed by atoms with Crippen molar-refractivity contribution in [3.63, 3.8) is 0 Å². The van der Waals surface area contributed by atoms with E-state index in [2.05, 4.69) is 10.4 Å². The van der Waals surface area contributed by atoms with Gasteiger partial charge < -0.3 is 14.5 Å². The predicted octanol–water partition coefficient (Wildman–Crippen LogP) is 6.59. The van der Waals surface area contributed by atoms with Gasteiger partial charge in [0.2, 0.25) is 0 Å². The first-order valence-corrected chi connectivity index (χ1v) is 10.6. The van der Waals surface area contributed by atoms with Gasteiger partial charge >= 0.3 is 0 Å². The van der Waals surface area contributed by atoms with Gasteiger partial charge in [-0.2, -0.15) is 5.10 Å². The SMILES string of the molecule is O=C(Nc1nn(Cc2ccc(Cl)c(Cl)c2)cc1Cl)c1ccc(COc2ccc(F)cc2F)o1. The van der Waals surface area contributed by atoms with E-state index in [1.54, 1.807) is 24.4 Å². The van der Waals surface area contributed by atoms with Gasteiger partial charge in [-0.1, -0.05) is 40.9 Å². The Bertz CT molecular complexity index is 1320. The molecule has 0 aliphatic carbocycles. The number of nitrogens with zero attached hydrogens (tertiary/aromatic N) is 2. The molecule has 1 amide bonds. The van der Waals surface area contributed by atoms with E-state index >= 15 is 0 Å². The molecule has 2 aromatic heterocycles. The van der Waals surface area contributed by atoms with E-state index in [1.165, 1.54) is 16.8 Å². The van der Waals surface area contributed by atoms with Crippen LogP contribution in [0.1, 0.15) is 21.9 Å². The second-order valence-electron chi connectivity index (χ2n) is 6.86. The molecule has 0 radical (unpaired) electrons. The predicted molar refractivity (Wildman–Crippen MR) is 120 cm³/mol. The fraction of sp³-hybridized carbons (Fsp3) is 0.0909. The van der Waals surface area contributed by atoms with Crippen molar-refractivity contribution >= 4 is 46.5 Å². The topological polar surface area (TPSA) is 69.3 Å². The molecular weight excluding hydrogens is 499 g/mol. The number of carbonyl (C=O) groups is 1. The number of nitrogens with one attached hydrogen (secondary N) is 1. The van der Waals surface area contributed by atoms with Crippen molar-refractivity contribution in [3.05, 3.63) is 98.5 Å². The van der Waals surface area contributed by atoms with Crippen LogP contribution in [0.4, 0.5) is 14.6 Å². The number of aromatic nitrogens is 2. The summed E-state index contributed by atoms with van der Waals surface area (Å²) in [5, 5.41) is 7.92. The second-order valence-corrected chi connectivity index (χ2v) is 8.08. The normalized spacial score (nSPS) is 10.9. The van der Waals surface area contributed by atoms with Gasteiger partial charge in [-0.25, -0.2) is 8.78 Å². The number of benzene rings is 2. The Kier molecular flexibility index (Phi) is 6.88. The van der Waals surface area contributed by atoms with Gasteiger partial charge in [0.05, 0.1) is 16.6 Å². The molecule has 0 atom stereocenters. The summed E-state index contributed by atoms with van der Waals surface area (Å²) < 4.78 is 38.8. The van der Waals surface area contributed by atoms with Gasteiger partial charge in [0.25, 0.3) is 5.91 Å². The van der Waals surface area contributed by atoms with Crippen LogP contribution in [0.3, 0.4) is 0 Å². The molecule has 0 aliphatic heterocycles. The minimum atomic E-state index is -0.842. The average molecular weight is 513 g/mol. The molecule has 4 rings (SSSR count). The van der Waals surface area contributed by atoms with E-state index < -0.39 is 17.5 Å². The van der Waals surface area contributed by atoms with Crippen molar-refractivity contribution in [1.82, 2.24) is 9.78 Å². The van der Waals surface area contributed by atoms with E-state index in [1.807, 2.05) is 0 Å². The summed E-state index contributed by atoms with van der Waals surface area (Å²) in [6.07, 6.45) is 1.55. The van der Waals surface area contributed by atoms with E-state index in [0.717, 1.165) is 17.7 Å². The maximum absolute atomic E-state index is 13.7. The highest BCUT2D eigenvalue weighted by molar-refractivity contribution is 6.42. The summed E-state index contributed by atoms with van der Waals surface area (Å²) in [5.74, 6) is -1.90. The number of ether oxygens (including phenoxy) is 1. The third-order valence-corrected chi connectivity index (χ3v) is 5.44. The standard InChI is InChI=1S/C22H14Cl3F2N3O3/c23-15-4-1-12(7-16(15)24)9-30-10-17(25)21(29-30)28-22(31)20-6-3-14(33-20)11-32-19-5-2-13(26)8-18(19)27/h1-8,10H,9,11H2,(H,28,29,31). The molecular formula is C22H14Cl3F2N3O3. The maximum atomic E-state index is 13.7. The monoisotopic (exact) mass is 511 g/mol. The van der Waals surface area contributed by atoms with E-state index in [9.17, 15) is 13.6 Å². The lowest BCUT2D eigenvalue weighted by Gasteiger charge is -2.05. The Balaban J connectivity index is 1.38. The van der Waals surface area contributed by atoms with Crippen LogP contribution in [0.15, 0.2) is 59.1 Å². The molecule has 11 heteroatoms. The van der Waals surface area contributed by atoms with E-state index in [4.69, 9.17) is 44.0 Å². The van der Waals surface area contributed by atoms with E-state index in [0.29, 0.717) is 22.7 Å². The van der Waals surface area contributed by atoms with Crippen molar-refractivity contribution in [1.29, 1.82) is 0 Å². The van der Waals surface area contributed by atoms with Crippen LogP contribution < -0.4 is 10.1 Å². The highest BCUT2D eigenvalue weighted by Crippen LogP contribution is 2.25. The number of halogens is 5. The Morgan fingerprint density at radius 1 is 1.03 bits per heavy atom. The fourth-order valence-electron chi connectivity index (χ4n) is 2.88. The minimum absolute atomic E-state index is 0.0247. The molecule has 4 aromatic rings. The summed E-state index contributed by atoms with van der Waals surface area (Å²) in [4.78, 5) is 12.5. The van der Waals surface area contributed by atoms with Gasteiger partial charge in [-0.15, -0.1) is 0 Å². The maximum Gasteiger partial charge on any atom is 0.292 e. The zero-order valence-corrected chi connectivity index (χ0v) is 18.9. The highest BCUT2D eigenvalue weighted by atomic mass is 35.5. The molecule has 0 bridgehead atoms. The molecule has 2 aromatic carbocycles. The third kappa shape index (κ3) is 5.65. The minimum Gasteiger partial charge on any atom is -0.483 e. The smallest absolute Gasteiger partial charge is 0.292 e. The van der Waals surface area contributed by atoms with Gasteiger partial charge in [0.1, 0.15) is 23.2 Å². The Labute approximate surface area is 201 Å². The van der Waals surface area contributed by atoms with Crippen LogP contribution in [0.5, 0.6) is 5.75 Å². The first-order valence-electron chi connectivity index (χ1n) is 9.43. The number of hydrogen-bond donors (Lipinski definition) is 1. The molecule has 0 saturated carbocycles. The van der Waals surface area contributed by atoms with Crippen molar-refractivity contribution in [2.75, 3.05) is 5.32 Å². The Hall–Kier alpha value is -3.07. The van der Waals surface area contributed by atoms with Crippen molar-refractivity contribution in [2.24, 2.45) is 0 Å². The van der Waals surface area contributed by atoms with Gasteiger partial charge in [0, 0.05) is 12.3 Å². The number of carbonyl (C=O) groups excluding carboxylic acids is 1. The summed E-state index contributed by atoms with van der Waals surface area (Å²) in [6.45, 7) is 0.198. The van der Waals surface area contributed by atoms with Crippen LogP contribution in [-0.2, 0) is 13.2 Å². The summed E-state index contributed by atoms with van der Waals surface area (Å²) in [6, 6.07) is 11.1. The molecule has 6 nitrogen and oxygen atoms in total. The zero-order chi connectivity index (χ0) is 23.5. The van der Waals surface area contributed by atoms with Crippen molar-refractivity contribution in [2.45, 2.75) is 13.2 Å². The lowest BCUT2D eigenvalue weighted by atomic mass is 10.2. The van der Waals surface area contributed by atoms with Gasteiger partial charge in [-0.05, 0) is 42.0 Å². The molecule has 33 heavy (non-hydrogen) atoms. The number of furan rings is 1. The average Bonchev–Trinajstić information content (AvgIpc) is 3.37. The quantitative estimate of drug-likeness (QED) is 0.303. The summed E-state index contributed by atoms with van der Waals surface area (Å²) in [7, 11) is 0. The highest BCUT2D eigenvalue weighted by Gasteiger charge is 2.16. The van der Waals surface area contributed by atoms with Crippen LogP contribution in [0, 0.1) is 11.6 Å². The molecule has 1 N–H and O–H groups in total. The summed E-state index contributed by atoms with van der Waals surface area (Å²) in [5.41, 5.74) is 0.842.